The van der Waals surface area contributed by atoms with E-state index in [0.717, 1.165) is 11.6 Å². The van der Waals surface area contributed by atoms with Gasteiger partial charge in [-0.2, -0.15) is 0 Å². The second-order valence-corrected chi connectivity index (χ2v) is 6.31. The number of fused-ring (bicyclic) bond motifs is 1. The smallest absolute Gasteiger partial charge is 0.257 e. The highest BCUT2D eigenvalue weighted by Gasteiger charge is 2.29. The highest BCUT2D eigenvalue weighted by molar-refractivity contribution is 5.97. The fraction of sp³-hybridized carbons (Fsp3) is 0.389. The number of carbonyl (C=O) groups is 1. The van der Waals surface area contributed by atoms with Crippen LogP contribution in [0, 0.1) is 18.6 Å². The Balaban J connectivity index is 1.92. The van der Waals surface area contributed by atoms with Crippen molar-refractivity contribution < 1.29 is 18.0 Å². The molecular weight excluding hydrogens is 300 g/mol. The number of amides is 1. The van der Waals surface area contributed by atoms with E-state index in [2.05, 4.69) is 0 Å². The van der Waals surface area contributed by atoms with Gasteiger partial charge in [0.15, 0.2) is 0 Å². The van der Waals surface area contributed by atoms with Gasteiger partial charge in [0.05, 0.1) is 11.8 Å². The molecule has 0 spiro atoms. The summed E-state index contributed by atoms with van der Waals surface area (Å²) in [5.74, 6) is -0.586. The maximum atomic E-state index is 14.0. The highest BCUT2D eigenvalue weighted by Crippen LogP contribution is 2.29. The molecule has 23 heavy (non-hydrogen) atoms. The van der Waals surface area contributed by atoms with Gasteiger partial charge in [-0.3, -0.25) is 4.79 Å². The summed E-state index contributed by atoms with van der Waals surface area (Å²) in [6, 6.07) is 2.22. The molecule has 0 N–H and O–H groups in total. The van der Waals surface area contributed by atoms with E-state index in [1.165, 1.54) is 6.07 Å². The van der Waals surface area contributed by atoms with Gasteiger partial charge in [-0.25, -0.2) is 8.78 Å². The molecule has 0 saturated carbocycles. The molecule has 2 heterocycles. The maximum absolute atomic E-state index is 14.0. The van der Waals surface area contributed by atoms with Crippen LogP contribution >= 0.6 is 0 Å². The van der Waals surface area contributed by atoms with E-state index in [4.69, 9.17) is 4.42 Å². The van der Waals surface area contributed by atoms with Crippen molar-refractivity contribution in [2.24, 2.45) is 0 Å². The van der Waals surface area contributed by atoms with E-state index in [9.17, 15) is 13.6 Å². The molecule has 0 fully saturated rings. The Morgan fingerprint density at radius 2 is 2.04 bits per heavy atom. The summed E-state index contributed by atoms with van der Waals surface area (Å²) in [6.07, 6.45) is 2.03. The first-order chi connectivity index (χ1) is 10.9. The first-order valence-corrected chi connectivity index (χ1v) is 7.72. The normalized spacial score (nSPS) is 14.3. The molecule has 3 rings (SSSR count). The zero-order valence-electron chi connectivity index (χ0n) is 13.5. The summed E-state index contributed by atoms with van der Waals surface area (Å²) in [4.78, 5) is 14.5. The number of rotatable bonds is 2. The first-order valence-electron chi connectivity index (χ1n) is 7.72. The van der Waals surface area contributed by atoms with Crippen LogP contribution in [0.4, 0.5) is 8.78 Å². The number of carbonyl (C=O) groups excluding carboxylic acids is 1. The molecule has 1 amide bonds. The second-order valence-electron chi connectivity index (χ2n) is 6.31. The van der Waals surface area contributed by atoms with Crippen molar-refractivity contribution in [1.82, 2.24) is 4.90 Å². The van der Waals surface area contributed by atoms with Crippen molar-refractivity contribution in [2.75, 3.05) is 6.54 Å². The molecule has 122 valence electrons. The lowest BCUT2D eigenvalue weighted by Gasteiger charge is -2.29. The number of nitrogens with zero attached hydrogens (tertiary/aromatic N) is 1. The molecule has 1 aromatic carbocycles. The van der Waals surface area contributed by atoms with Crippen LogP contribution in [0.2, 0.25) is 0 Å². The molecule has 0 bridgehead atoms. The van der Waals surface area contributed by atoms with Crippen LogP contribution in [0.15, 0.2) is 22.8 Å². The molecule has 1 aliphatic rings. The average molecular weight is 319 g/mol. The van der Waals surface area contributed by atoms with Gasteiger partial charge in [0.2, 0.25) is 0 Å². The Morgan fingerprint density at radius 1 is 1.30 bits per heavy atom. The SMILES string of the molecule is Cc1coc(C(C)C)c1C(=O)N1CCc2cc(F)cc(F)c2C1. The molecule has 3 nitrogen and oxygen atoms in total. The minimum absolute atomic E-state index is 0.0885. The minimum Gasteiger partial charge on any atom is -0.468 e. The fourth-order valence-electron chi connectivity index (χ4n) is 3.08. The summed E-state index contributed by atoms with van der Waals surface area (Å²) in [6.45, 7) is 6.35. The van der Waals surface area contributed by atoms with Crippen LogP contribution in [-0.4, -0.2) is 17.4 Å². The summed E-state index contributed by atoms with van der Waals surface area (Å²) >= 11 is 0. The fourth-order valence-corrected chi connectivity index (χ4v) is 3.08. The zero-order valence-corrected chi connectivity index (χ0v) is 13.5. The van der Waals surface area contributed by atoms with Crippen LogP contribution in [0.25, 0.3) is 0 Å². The highest BCUT2D eigenvalue weighted by atomic mass is 19.1. The monoisotopic (exact) mass is 319 g/mol. The quantitative estimate of drug-likeness (QED) is 0.831. The number of halogens is 2. The molecule has 0 saturated heterocycles. The third-order valence-electron chi connectivity index (χ3n) is 4.28. The number of furan rings is 1. The number of hydrogen-bond acceptors (Lipinski definition) is 2. The van der Waals surface area contributed by atoms with Crippen LogP contribution in [0.5, 0.6) is 0 Å². The van der Waals surface area contributed by atoms with Crippen molar-refractivity contribution in [1.29, 1.82) is 0 Å². The number of aryl methyl sites for hydroxylation is 1. The van der Waals surface area contributed by atoms with Gasteiger partial charge in [0.25, 0.3) is 5.91 Å². The Labute approximate surface area is 133 Å². The second kappa shape index (κ2) is 5.80. The summed E-state index contributed by atoms with van der Waals surface area (Å²) < 4.78 is 32.8. The lowest BCUT2D eigenvalue weighted by molar-refractivity contribution is 0.0729. The number of hydrogen-bond donors (Lipinski definition) is 0. The molecular formula is C18H19F2NO2. The molecule has 0 radical (unpaired) electrons. The number of benzene rings is 1. The van der Waals surface area contributed by atoms with Gasteiger partial charge in [-0.15, -0.1) is 0 Å². The van der Waals surface area contributed by atoms with Gasteiger partial charge in [-0.1, -0.05) is 13.8 Å². The molecule has 0 unspecified atom stereocenters. The molecule has 1 aromatic heterocycles. The first kappa shape index (κ1) is 15.7. The molecule has 1 aliphatic heterocycles. The molecule has 0 aliphatic carbocycles. The predicted octanol–water partition coefficient (Wildman–Crippen LogP) is 4.19. The lowest BCUT2D eigenvalue weighted by atomic mass is 9.97. The van der Waals surface area contributed by atoms with E-state index in [1.807, 2.05) is 20.8 Å². The van der Waals surface area contributed by atoms with Crippen LogP contribution in [0.3, 0.4) is 0 Å². The maximum Gasteiger partial charge on any atom is 0.257 e. The third-order valence-corrected chi connectivity index (χ3v) is 4.28. The standard InChI is InChI=1S/C18H19F2NO2/c1-10(2)17-16(11(3)9-23-17)18(22)21-5-4-12-6-13(19)7-15(20)14(12)8-21/h6-7,9-10H,4-5,8H2,1-3H3. The summed E-state index contributed by atoms with van der Waals surface area (Å²) in [5.41, 5.74) is 2.38. The topological polar surface area (TPSA) is 33.5 Å². The minimum atomic E-state index is -0.592. The van der Waals surface area contributed by atoms with Gasteiger partial charge < -0.3 is 9.32 Å². The third kappa shape index (κ3) is 2.76. The summed E-state index contributed by atoms with van der Waals surface area (Å²) in [5, 5.41) is 0. The van der Waals surface area contributed by atoms with Crippen molar-refractivity contribution >= 4 is 5.91 Å². The average Bonchev–Trinajstić information content (AvgIpc) is 2.88. The van der Waals surface area contributed by atoms with Crippen LogP contribution in [0.1, 0.15) is 52.6 Å². The molecule has 5 heteroatoms. The molecule has 0 atom stereocenters. The predicted molar refractivity (Wildman–Crippen MR) is 82.3 cm³/mol. The van der Waals surface area contributed by atoms with Crippen LogP contribution < -0.4 is 0 Å². The largest absolute Gasteiger partial charge is 0.468 e. The Hall–Kier alpha value is -2.17. The van der Waals surface area contributed by atoms with E-state index >= 15 is 0 Å². The van der Waals surface area contributed by atoms with Gasteiger partial charge in [0, 0.05) is 36.2 Å². The van der Waals surface area contributed by atoms with Crippen molar-refractivity contribution in [3.8, 4) is 0 Å². The van der Waals surface area contributed by atoms with Crippen molar-refractivity contribution in [2.45, 2.75) is 39.7 Å². The van der Waals surface area contributed by atoms with Crippen LogP contribution in [-0.2, 0) is 13.0 Å². The lowest BCUT2D eigenvalue weighted by Crippen LogP contribution is -2.37. The van der Waals surface area contributed by atoms with E-state index in [1.54, 1.807) is 11.2 Å². The molecule has 2 aromatic rings. The van der Waals surface area contributed by atoms with Crippen molar-refractivity contribution in [3.05, 3.63) is 58.0 Å². The van der Waals surface area contributed by atoms with Gasteiger partial charge >= 0.3 is 0 Å². The van der Waals surface area contributed by atoms with E-state index in [0.29, 0.717) is 35.4 Å². The Bertz CT molecular complexity index is 765. The Morgan fingerprint density at radius 3 is 2.74 bits per heavy atom. The Kier molecular flexibility index (Phi) is 3.96. The van der Waals surface area contributed by atoms with Gasteiger partial charge in [0.1, 0.15) is 17.4 Å². The van der Waals surface area contributed by atoms with E-state index < -0.39 is 11.6 Å². The zero-order chi connectivity index (χ0) is 16.7. The summed E-state index contributed by atoms with van der Waals surface area (Å²) in [7, 11) is 0. The van der Waals surface area contributed by atoms with E-state index in [-0.39, 0.29) is 18.4 Å². The van der Waals surface area contributed by atoms with Gasteiger partial charge in [-0.05, 0) is 25.0 Å². The van der Waals surface area contributed by atoms with Crippen molar-refractivity contribution in [3.63, 3.8) is 0 Å².